The molecule has 0 unspecified atom stereocenters. The van der Waals surface area contributed by atoms with E-state index >= 15 is 0 Å². The van der Waals surface area contributed by atoms with E-state index in [0.29, 0.717) is 0 Å². The summed E-state index contributed by atoms with van der Waals surface area (Å²) in [4.78, 5) is 10.7. The Labute approximate surface area is 59.0 Å². The Hall–Kier alpha value is -0.990. The second-order valence-electron chi connectivity index (χ2n) is 3.18. The van der Waals surface area contributed by atoms with Gasteiger partial charge in [-0.15, -0.1) is 0 Å². The number of Topliss-reactive ketones (excluding diaryl/α,β-unsaturated/α-hetero) is 1. The molecule has 0 radical (unpaired) electrons. The highest BCUT2D eigenvalue weighted by Gasteiger charge is 2.38. The van der Waals surface area contributed by atoms with Crippen molar-refractivity contribution in [2.24, 2.45) is 5.41 Å². The fourth-order valence-electron chi connectivity index (χ4n) is 1.02. The SMILES string of the molecule is CC1(C)CC(=O)C(O)=C1O. The largest absolute Gasteiger partial charge is 0.508 e. The van der Waals surface area contributed by atoms with Crippen LogP contribution < -0.4 is 0 Å². The maximum atomic E-state index is 10.7. The quantitative estimate of drug-likeness (QED) is 0.536. The number of hydrogen-bond donors (Lipinski definition) is 2. The number of ketones is 1. The monoisotopic (exact) mass is 142 g/mol. The van der Waals surface area contributed by atoms with Crippen LogP contribution in [0.2, 0.25) is 0 Å². The van der Waals surface area contributed by atoms with Gasteiger partial charge in [0.2, 0.25) is 5.78 Å². The van der Waals surface area contributed by atoms with Gasteiger partial charge in [0.25, 0.3) is 0 Å². The maximum absolute atomic E-state index is 10.7. The normalized spacial score (nSPS) is 24.0. The van der Waals surface area contributed by atoms with Crippen molar-refractivity contribution in [1.29, 1.82) is 0 Å². The van der Waals surface area contributed by atoms with E-state index in [9.17, 15) is 4.79 Å². The third kappa shape index (κ3) is 0.781. The fourth-order valence-corrected chi connectivity index (χ4v) is 1.02. The number of aliphatic hydroxyl groups excluding tert-OH is 2. The molecule has 56 valence electrons. The van der Waals surface area contributed by atoms with E-state index in [-0.39, 0.29) is 18.0 Å². The van der Waals surface area contributed by atoms with Crippen molar-refractivity contribution in [2.45, 2.75) is 20.3 Å². The van der Waals surface area contributed by atoms with Crippen molar-refractivity contribution in [3.63, 3.8) is 0 Å². The van der Waals surface area contributed by atoms with Gasteiger partial charge in [-0.25, -0.2) is 0 Å². The van der Waals surface area contributed by atoms with E-state index < -0.39 is 11.2 Å². The summed E-state index contributed by atoms with van der Waals surface area (Å²) in [6.45, 7) is 3.42. The molecular formula is C7H10O3. The van der Waals surface area contributed by atoms with Gasteiger partial charge in [0.05, 0.1) is 0 Å². The van der Waals surface area contributed by atoms with Crippen molar-refractivity contribution in [3.8, 4) is 0 Å². The highest BCUT2D eigenvalue weighted by Crippen LogP contribution is 2.37. The average molecular weight is 142 g/mol. The van der Waals surface area contributed by atoms with Crippen LogP contribution in [0.5, 0.6) is 0 Å². The minimum atomic E-state index is -0.568. The second-order valence-corrected chi connectivity index (χ2v) is 3.18. The number of aliphatic hydroxyl groups is 2. The number of carbonyl (C=O) groups excluding carboxylic acids is 1. The Bertz CT molecular complexity index is 213. The zero-order valence-electron chi connectivity index (χ0n) is 6.01. The Morgan fingerprint density at radius 1 is 1.40 bits per heavy atom. The molecule has 1 rings (SSSR count). The molecule has 0 aromatic rings. The lowest BCUT2D eigenvalue weighted by molar-refractivity contribution is -0.117. The molecule has 1 aliphatic rings. The van der Waals surface area contributed by atoms with Gasteiger partial charge in [0.15, 0.2) is 5.76 Å². The van der Waals surface area contributed by atoms with Gasteiger partial charge in [0.1, 0.15) is 5.76 Å². The zero-order valence-corrected chi connectivity index (χ0v) is 6.01. The van der Waals surface area contributed by atoms with Crippen molar-refractivity contribution in [2.75, 3.05) is 0 Å². The first-order valence-electron chi connectivity index (χ1n) is 3.11. The predicted molar refractivity (Wildman–Crippen MR) is 35.7 cm³/mol. The van der Waals surface area contributed by atoms with Crippen LogP contribution in [0, 0.1) is 5.41 Å². The van der Waals surface area contributed by atoms with Gasteiger partial charge in [-0.2, -0.15) is 0 Å². The summed E-state index contributed by atoms with van der Waals surface area (Å²) in [5.41, 5.74) is -0.568. The van der Waals surface area contributed by atoms with Crippen molar-refractivity contribution in [1.82, 2.24) is 0 Å². The summed E-state index contributed by atoms with van der Waals surface area (Å²) in [6, 6.07) is 0. The van der Waals surface area contributed by atoms with E-state index in [1.54, 1.807) is 13.8 Å². The summed E-state index contributed by atoms with van der Waals surface area (Å²) in [5, 5.41) is 18.0. The fraction of sp³-hybridized carbons (Fsp3) is 0.571. The summed E-state index contributed by atoms with van der Waals surface area (Å²) < 4.78 is 0. The Morgan fingerprint density at radius 2 is 1.90 bits per heavy atom. The smallest absolute Gasteiger partial charge is 0.201 e. The second kappa shape index (κ2) is 1.75. The molecule has 0 heterocycles. The minimum absolute atomic E-state index is 0.183. The molecule has 0 amide bonds. The summed E-state index contributed by atoms with van der Waals surface area (Å²) >= 11 is 0. The number of rotatable bonds is 0. The lowest BCUT2D eigenvalue weighted by Crippen LogP contribution is -2.10. The molecule has 0 aromatic heterocycles. The lowest BCUT2D eigenvalue weighted by Gasteiger charge is -2.14. The Balaban J connectivity index is 3.06. The van der Waals surface area contributed by atoms with Crippen molar-refractivity contribution >= 4 is 5.78 Å². The van der Waals surface area contributed by atoms with Crippen molar-refractivity contribution < 1.29 is 15.0 Å². The van der Waals surface area contributed by atoms with E-state index in [4.69, 9.17) is 10.2 Å². The minimum Gasteiger partial charge on any atom is -0.508 e. The molecule has 2 N–H and O–H groups in total. The van der Waals surface area contributed by atoms with Crippen LogP contribution in [0.3, 0.4) is 0 Å². The Morgan fingerprint density at radius 3 is 2.00 bits per heavy atom. The van der Waals surface area contributed by atoms with Crippen LogP contribution in [0.1, 0.15) is 20.3 Å². The Kier molecular flexibility index (Phi) is 1.24. The number of allylic oxidation sites excluding steroid dienone is 2. The molecule has 3 heteroatoms. The molecule has 10 heavy (non-hydrogen) atoms. The van der Waals surface area contributed by atoms with Gasteiger partial charge >= 0.3 is 0 Å². The number of hydrogen-bond acceptors (Lipinski definition) is 3. The van der Waals surface area contributed by atoms with E-state index in [1.165, 1.54) is 0 Å². The van der Waals surface area contributed by atoms with Crippen LogP contribution >= 0.6 is 0 Å². The molecule has 0 saturated heterocycles. The van der Waals surface area contributed by atoms with E-state index in [1.807, 2.05) is 0 Å². The topological polar surface area (TPSA) is 57.5 Å². The third-order valence-electron chi connectivity index (χ3n) is 1.73. The van der Waals surface area contributed by atoms with Gasteiger partial charge in [-0.05, 0) is 0 Å². The molecule has 0 saturated carbocycles. The lowest BCUT2D eigenvalue weighted by atomic mass is 9.91. The molecule has 0 bridgehead atoms. The first-order chi connectivity index (χ1) is 4.45. The van der Waals surface area contributed by atoms with E-state index in [2.05, 4.69) is 0 Å². The predicted octanol–water partition coefficient (Wildman–Crippen LogP) is 1.31. The van der Waals surface area contributed by atoms with Gasteiger partial charge in [0, 0.05) is 11.8 Å². The summed E-state index contributed by atoms with van der Waals surface area (Å²) in [7, 11) is 0. The third-order valence-corrected chi connectivity index (χ3v) is 1.73. The summed E-state index contributed by atoms with van der Waals surface area (Å²) in [5.74, 6) is -1.02. The van der Waals surface area contributed by atoms with Crippen LogP contribution in [0.4, 0.5) is 0 Å². The van der Waals surface area contributed by atoms with Crippen LogP contribution in [0.25, 0.3) is 0 Å². The average Bonchev–Trinajstić information content (AvgIpc) is 1.95. The molecule has 3 nitrogen and oxygen atoms in total. The molecular weight excluding hydrogens is 132 g/mol. The molecule has 0 spiro atoms. The maximum Gasteiger partial charge on any atom is 0.201 e. The molecule has 1 aliphatic carbocycles. The molecule has 0 aromatic carbocycles. The molecule has 0 atom stereocenters. The van der Waals surface area contributed by atoms with Gasteiger partial charge in [-0.1, -0.05) is 13.8 Å². The van der Waals surface area contributed by atoms with Crippen LogP contribution in [-0.2, 0) is 4.79 Å². The highest BCUT2D eigenvalue weighted by atomic mass is 16.3. The number of carbonyl (C=O) groups is 1. The van der Waals surface area contributed by atoms with E-state index in [0.717, 1.165) is 0 Å². The van der Waals surface area contributed by atoms with Crippen molar-refractivity contribution in [3.05, 3.63) is 11.5 Å². The first kappa shape index (κ1) is 7.12. The highest BCUT2D eigenvalue weighted by molar-refractivity contribution is 5.96. The van der Waals surface area contributed by atoms with Crippen LogP contribution in [-0.4, -0.2) is 16.0 Å². The molecule has 0 aliphatic heterocycles. The zero-order chi connectivity index (χ0) is 7.94. The summed E-state index contributed by atoms with van der Waals surface area (Å²) in [6.07, 6.45) is 0.199. The first-order valence-corrected chi connectivity index (χ1v) is 3.11. The van der Waals surface area contributed by atoms with Crippen LogP contribution in [0.15, 0.2) is 11.5 Å². The van der Waals surface area contributed by atoms with Gasteiger partial charge in [-0.3, -0.25) is 4.79 Å². The standard InChI is InChI=1S/C7H10O3/c1-7(2)3-4(8)5(9)6(7)10/h9-10H,3H2,1-2H3. The molecule has 0 fully saturated rings. The van der Waals surface area contributed by atoms with Gasteiger partial charge < -0.3 is 10.2 Å².